The van der Waals surface area contributed by atoms with Crippen LogP contribution in [0.3, 0.4) is 0 Å². The molecule has 0 aliphatic heterocycles. The summed E-state index contributed by atoms with van der Waals surface area (Å²) in [6.45, 7) is 4.25. The van der Waals surface area contributed by atoms with E-state index in [2.05, 4.69) is 13.8 Å². The number of aliphatic hydroxyl groups is 1. The zero-order valence-electron chi connectivity index (χ0n) is 14.8. The van der Waals surface area contributed by atoms with E-state index >= 15 is 0 Å². The van der Waals surface area contributed by atoms with E-state index in [1.807, 2.05) is 0 Å². The van der Waals surface area contributed by atoms with Crippen LogP contribution in [0.2, 0.25) is 0 Å². The topological polar surface area (TPSA) is 77.4 Å². The molecular weight excluding hydrogens is 311 g/mol. The van der Waals surface area contributed by atoms with E-state index in [4.69, 9.17) is 0 Å². The molecule has 0 aliphatic rings. The second-order valence-corrected chi connectivity index (χ2v) is 7.75. The molecule has 22 heavy (non-hydrogen) atoms. The zero-order valence-corrected chi connectivity index (χ0v) is 17.6. The molecule has 0 fully saturated rings. The Labute approximate surface area is 159 Å². The Balaban J connectivity index is 0. The largest absolute Gasteiger partial charge is 1.00 e. The molecule has 0 bridgehead atoms. The number of hydrogen-bond acceptors (Lipinski definition) is 4. The van der Waals surface area contributed by atoms with Crippen molar-refractivity contribution < 1.29 is 47.6 Å². The summed E-state index contributed by atoms with van der Waals surface area (Å²) in [5, 5.41) is 10.2. The smallest absolute Gasteiger partial charge is 0.746 e. The molecule has 1 unspecified atom stereocenters. The normalized spacial score (nSPS) is 14.4. The van der Waals surface area contributed by atoms with Crippen molar-refractivity contribution >= 4 is 10.1 Å². The maximum atomic E-state index is 11.3. The molecular formula is C16H33NaO4S. The average molecular weight is 344 g/mol. The van der Waals surface area contributed by atoms with E-state index in [1.165, 1.54) is 6.42 Å². The number of unbranched alkanes of at least 4 members (excludes halogenated alkanes) is 9. The Hall–Kier alpha value is 0.870. The SMILES string of the molecule is CCCCCCCCC(O)(CCCCCCC)S(=O)(=O)[O-].[Na+]. The molecule has 0 aromatic carbocycles. The van der Waals surface area contributed by atoms with Crippen molar-refractivity contribution in [3.8, 4) is 0 Å². The maximum Gasteiger partial charge on any atom is 1.00 e. The fourth-order valence-corrected chi connectivity index (χ4v) is 3.35. The molecule has 4 nitrogen and oxygen atoms in total. The molecule has 0 aliphatic carbocycles. The van der Waals surface area contributed by atoms with E-state index in [1.54, 1.807) is 0 Å². The Morgan fingerprint density at radius 3 is 1.41 bits per heavy atom. The standard InChI is InChI=1S/C16H34O4S.Na/c1-3-5-7-9-11-13-15-16(17,21(18,19)20)14-12-10-8-6-4-2;/h17H,3-15H2,1-2H3,(H,18,19,20);/q;+1/p-1. The van der Waals surface area contributed by atoms with Crippen LogP contribution < -0.4 is 29.6 Å². The van der Waals surface area contributed by atoms with Crippen molar-refractivity contribution in [2.45, 2.75) is 102 Å². The van der Waals surface area contributed by atoms with Gasteiger partial charge in [-0.2, -0.15) is 0 Å². The minimum atomic E-state index is -4.65. The second kappa shape index (κ2) is 14.2. The summed E-state index contributed by atoms with van der Waals surface area (Å²) in [6, 6.07) is 0. The van der Waals surface area contributed by atoms with Gasteiger partial charge in [-0.1, -0.05) is 71.6 Å². The third-order valence-electron chi connectivity index (χ3n) is 4.06. The van der Waals surface area contributed by atoms with Gasteiger partial charge in [0, 0.05) is 0 Å². The van der Waals surface area contributed by atoms with E-state index in [-0.39, 0.29) is 42.4 Å². The van der Waals surface area contributed by atoms with Gasteiger partial charge >= 0.3 is 29.6 Å². The van der Waals surface area contributed by atoms with Gasteiger partial charge < -0.3 is 9.66 Å². The van der Waals surface area contributed by atoms with Gasteiger partial charge in [0.15, 0.2) is 4.93 Å². The molecule has 0 saturated carbocycles. The van der Waals surface area contributed by atoms with Crippen LogP contribution in [0.25, 0.3) is 0 Å². The predicted octanol–water partition coefficient (Wildman–Crippen LogP) is 1.34. The molecule has 0 aromatic heterocycles. The van der Waals surface area contributed by atoms with Crippen LogP contribution in [0.4, 0.5) is 0 Å². The molecule has 1 N–H and O–H groups in total. The summed E-state index contributed by atoms with van der Waals surface area (Å²) < 4.78 is 34.0. The van der Waals surface area contributed by atoms with Crippen LogP contribution >= 0.6 is 0 Å². The summed E-state index contributed by atoms with van der Waals surface area (Å²) in [4.78, 5) is -2.05. The van der Waals surface area contributed by atoms with Crippen molar-refractivity contribution in [2.75, 3.05) is 0 Å². The van der Waals surface area contributed by atoms with Gasteiger partial charge in [-0.3, -0.25) is 0 Å². The Kier molecular flexibility index (Phi) is 16.2. The van der Waals surface area contributed by atoms with E-state index in [0.717, 1.165) is 51.4 Å². The van der Waals surface area contributed by atoms with Crippen LogP contribution in [0, 0.1) is 0 Å². The maximum absolute atomic E-state index is 11.3. The van der Waals surface area contributed by atoms with Crippen molar-refractivity contribution in [1.82, 2.24) is 0 Å². The molecule has 0 radical (unpaired) electrons. The van der Waals surface area contributed by atoms with Crippen LogP contribution in [-0.2, 0) is 10.1 Å². The van der Waals surface area contributed by atoms with Crippen LogP contribution in [0.1, 0.15) is 97.3 Å². The summed E-state index contributed by atoms with van der Waals surface area (Å²) in [5.74, 6) is 0. The van der Waals surface area contributed by atoms with Gasteiger partial charge in [0.2, 0.25) is 0 Å². The molecule has 0 spiro atoms. The Morgan fingerprint density at radius 2 is 1.09 bits per heavy atom. The number of hydrogen-bond donors (Lipinski definition) is 1. The summed E-state index contributed by atoms with van der Waals surface area (Å²) in [6.07, 6.45) is 10.9. The summed E-state index contributed by atoms with van der Waals surface area (Å²) >= 11 is 0. The minimum Gasteiger partial charge on any atom is -0.746 e. The van der Waals surface area contributed by atoms with Gasteiger partial charge in [0.1, 0.15) is 10.1 Å². The van der Waals surface area contributed by atoms with Crippen molar-refractivity contribution in [3.63, 3.8) is 0 Å². The third-order valence-corrected chi connectivity index (χ3v) is 5.40. The summed E-state index contributed by atoms with van der Waals surface area (Å²) in [7, 11) is -4.65. The first-order valence-corrected chi connectivity index (χ1v) is 9.96. The van der Waals surface area contributed by atoms with E-state index < -0.39 is 15.1 Å². The van der Waals surface area contributed by atoms with Gasteiger partial charge in [0.05, 0.1) is 0 Å². The van der Waals surface area contributed by atoms with Crippen LogP contribution in [0.15, 0.2) is 0 Å². The monoisotopic (exact) mass is 344 g/mol. The van der Waals surface area contributed by atoms with E-state index in [9.17, 15) is 18.1 Å². The second-order valence-electron chi connectivity index (χ2n) is 6.08. The average Bonchev–Trinajstić information content (AvgIpc) is 2.41. The quantitative estimate of drug-likeness (QED) is 0.293. The molecule has 0 amide bonds. The first-order valence-electron chi connectivity index (χ1n) is 8.55. The molecule has 128 valence electrons. The van der Waals surface area contributed by atoms with Gasteiger partial charge in [0.25, 0.3) is 0 Å². The van der Waals surface area contributed by atoms with E-state index in [0.29, 0.717) is 12.8 Å². The zero-order chi connectivity index (χ0) is 16.2. The van der Waals surface area contributed by atoms with Crippen molar-refractivity contribution in [2.24, 2.45) is 0 Å². The summed E-state index contributed by atoms with van der Waals surface area (Å²) in [5.41, 5.74) is 0. The van der Waals surface area contributed by atoms with Gasteiger partial charge in [-0.05, 0) is 25.7 Å². The molecule has 0 saturated heterocycles. The minimum absolute atomic E-state index is 0. The Bertz CT molecular complexity index is 346. The van der Waals surface area contributed by atoms with Crippen LogP contribution in [-0.4, -0.2) is 23.0 Å². The fourth-order valence-electron chi connectivity index (χ4n) is 2.56. The molecule has 0 rings (SSSR count). The van der Waals surface area contributed by atoms with Gasteiger partial charge in [-0.25, -0.2) is 8.42 Å². The first kappa shape index (κ1) is 25.1. The molecule has 6 heteroatoms. The number of rotatable bonds is 14. The Morgan fingerprint density at radius 1 is 0.773 bits per heavy atom. The van der Waals surface area contributed by atoms with Crippen molar-refractivity contribution in [1.29, 1.82) is 0 Å². The first-order chi connectivity index (χ1) is 9.87. The molecule has 0 heterocycles. The molecule has 0 aromatic rings. The third kappa shape index (κ3) is 11.4. The van der Waals surface area contributed by atoms with Crippen LogP contribution in [0.5, 0.6) is 0 Å². The van der Waals surface area contributed by atoms with Gasteiger partial charge in [-0.15, -0.1) is 0 Å². The van der Waals surface area contributed by atoms with Crippen molar-refractivity contribution in [3.05, 3.63) is 0 Å². The molecule has 1 atom stereocenters. The fraction of sp³-hybridized carbons (Fsp3) is 1.00. The predicted molar refractivity (Wildman–Crippen MR) is 86.0 cm³/mol.